The molecule has 202 valence electrons. The first-order chi connectivity index (χ1) is 19.1. The third-order valence-electron chi connectivity index (χ3n) is 8.42. The molecule has 0 unspecified atom stereocenters. The van der Waals surface area contributed by atoms with Gasteiger partial charge in [0.25, 0.3) is 5.91 Å². The molecule has 2 amide bonds. The number of fused-ring (bicyclic) bond motifs is 2. The number of hydrogen-bond donors (Lipinski definition) is 2. The Kier molecular flexibility index (Phi) is 7.46. The van der Waals surface area contributed by atoms with Crippen LogP contribution in [0.25, 0.3) is 0 Å². The highest BCUT2D eigenvalue weighted by molar-refractivity contribution is 6.01. The SMILES string of the molecule is O=C(NCCN1CCOCC1)[C@@H]1c2ccccc2C(=O)N(C2Cc3ccccc3C2)[C@H]1c1ccc(CO)cc1. The van der Waals surface area contributed by atoms with Crippen LogP contribution in [0.3, 0.4) is 0 Å². The van der Waals surface area contributed by atoms with Crippen LogP contribution in [0.2, 0.25) is 0 Å². The second-order valence-electron chi connectivity index (χ2n) is 10.7. The molecule has 2 atom stereocenters. The average Bonchev–Trinajstić information content (AvgIpc) is 3.41. The molecule has 39 heavy (non-hydrogen) atoms. The number of amides is 2. The number of carbonyl (C=O) groups is 2. The first-order valence-electron chi connectivity index (χ1n) is 13.9. The lowest BCUT2D eigenvalue weighted by Gasteiger charge is -2.45. The maximum atomic E-state index is 14.2. The van der Waals surface area contributed by atoms with E-state index in [0.717, 1.165) is 62.4 Å². The molecule has 7 heteroatoms. The van der Waals surface area contributed by atoms with Crippen LogP contribution in [0.1, 0.15) is 50.1 Å². The smallest absolute Gasteiger partial charge is 0.254 e. The summed E-state index contributed by atoms with van der Waals surface area (Å²) >= 11 is 0. The van der Waals surface area contributed by atoms with E-state index >= 15 is 0 Å². The van der Waals surface area contributed by atoms with E-state index in [4.69, 9.17) is 4.74 Å². The molecule has 1 saturated heterocycles. The largest absolute Gasteiger partial charge is 0.392 e. The van der Waals surface area contributed by atoms with Gasteiger partial charge in [-0.25, -0.2) is 0 Å². The van der Waals surface area contributed by atoms with Gasteiger partial charge < -0.3 is 20.1 Å². The van der Waals surface area contributed by atoms with Crippen molar-refractivity contribution in [3.05, 3.63) is 106 Å². The van der Waals surface area contributed by atoms with Crippen molar-refractivity contribution in [2.24, 2.45) is 0 Å². The standard InChI is InChI=1S/C32H35N3O4/c36-21-22-9-11-23(12-10-22)30-29(31(37)33-13-14-34-15-17-39-18-16-34)27-7-3-4-8-28(27)32(38)35(30)26-19-24-5-1-2-6-25(24)20-26/h1-12,26,29-30,36H,13-21H2,(H,33,37)/t29-,30+/m1/s1. The van der Waals surface area contributed by atoms with Gasteiger partial charge in [-0.3, -0.25) is 14.5 Å². The highest BCUT2D eigenvalue weighted by atomic mass is 16.5. The third-order valence-corrected chi connectivity index (χ3v) is 8.42. The molecule has 3 aliphatic rings. The van der Waals surface area contributed by atoms with E-state index in [0.29, 0.717) is 12.1 Å². The Morgan fingerprint density at radius 3 is 2.28 bits per heavy atom. The van der Waals surface area contributed by atoms with E-state index in [9.17, 15) is 14.7 Å². The van der Waals surface area contributed by atoms with Gasteiger partial charge in [0.1, 0.15) is 0 Å². The first-order valence-corrected chi connectivity index (χ1v) is 13.9. The zero-order chi connectivity index (χ0) is 26.8. The molecule has 0 radical (unpaired) electrons. The lowest BCUT2D eigenvalue weighted by molar-refractivity contribution is -0.124. The zero-order valence-corrected chi connectivity index (χ0v) is 22.1. The number of hydrogen-bond acceptors (Lipinski definition) is 5. The number of benzene rings is 3. The molecule has 0 spiro atoms. The molecule has 7 nitrogen and oxygen atoms in total. The number of ether oxygens (including phenoxy) is 1. The van der Waals surface area contributed by atoms with Crippen LogP contribution in [0.4, 0.5) is 0 Å². The lowest BCUT2D eigenvalue weighted by atomic mass is 9.78. The highest BCUT2D eigenvalue weighted by Gasteiger charge is 2.47. The predicted octanol–water partition coefficient (Wildman–Crippen LogP) is 3.08. The molecular formula is C32H35N3O4. The van der Waals surface area contributed by atoms with Crippen LogP contribution in [-0.2, 0) is 29.0 Å². The van der Waals surface area contributed by atoms with E-state index in [2.05, 4.69) is 22.3 Å². The Labute approximate surface area is 229 Å². The fraction of sp³-hybridized carbons (Fsp3) is 0.375. The molecule has 6 rings (SSSR count). The summed E-state index contributed by atoms with van der Waals surface area (Å²) in [6, 6.07) is 23.1. The van der Waals surface area contributed by atoms with Gasteiger partial charge in [0.05, 0.1) is 31.8 Å². The average molecular weight is 526 g/mol. The Morgan fingerprint density at radius 2 is 1.59 bits per heavy atom. The number of nitrogens with one attached hydrogen (secondary N) is 1. The van der Waals surface area contributed by atoms with Gasteiger partial charge in [0.15, 0.2) is 0 Å². The first kappa shape index (κ1) is 25.7. The van der Waals surface area contributed by atoms with Crippen LogP contribution in [-0.4, -0.2) is 72.2 Å². The van der Waals surface area contributed by atoms with Crippen molar-refractivity contribution < 1.29 is 19.4 Å². The van der Waals surface area contributed by atoms with Crippen LogP contribution in [0.5, 0.6) is 0 Å². The fourth-order valence-corrected chi connectivity index (χ4v) is 6.41. The lowest BCUT2D eigenvalue weighted by Crippen LogP contribution is -2.52. The van der Waals surface area contributed by atoms with Gasteiger partial charge in [0, 0.05) is 37.8 Å². The molecule has 0 bridgehead atoms. The molecule has 1 aliphatic carbocycles. The second kappa shape index (κ2) is 11.3. The number of nitrogens with zero attached hydrogens (tertiary/aromatic N) is 2. The summed E-state index contributed by atoms with van der Waals surface area (Å²) in [7, 11) is 0. The predicted molar refractivity (Wildman–Crippen MR) is 148 cm³/mol. The summed E-state index contributed by atoms with van der Waals surface area (Å²) in [5, 5.41) is 12.8. The van der Waals surface area contributed by atoms with E-state index < -0.39 is 12.0 Å². The number of aliphatic hydroxyl groups is 1. The normalized spacial score (nSPS) is 21.5. The van der Waals surface area contributed by atoms with Crippen molar-refractivity contribution in [2.45, 2.75) is 37.5 Å². The Hall–Kier alpha value is -3.52. The summed E-state index contributed by atoms with van der Waals surface area (Å²) in [6.07, 6.45) is 1.53. The van der Waals surface area contributed by atoms with E-state index in [1.807, 2.05) is 65.6 Å². The van der Waals surface area contributed by atoms with Crippen molar-refractivity contribution in [3.8, 4) is 0 Å². The number of carbonyl (C=O) groups excluding carboxylic acids is 2. The highest BCUT2D eigenvalue weighted by Crippen LogP contribution is 2.45. The molecule has 0 aromatic heterocycles. The summed E-state index contributed by atoms with van der Waals surface area (Å²) in [5.74, 6) is -0.649. The molecule has 2 heterocycles. The molecule has 2 N–H and O–H groups in total. The van der Waals surface area contributed by atoms with Crippen LogP contribution < -0.4 is 5.32 Å². The van der Waals surface area contributed by atoms with Crippen LogP contribution >= 0.6 is 0 Å². The van der Waals surface area contributed by atoms with E-state index in [1.165, 1.54) is 11.1 Å². The molecule has 3 aromatic carbocycles. The third kappa shape index (κ3) is 5.10. The molecule has 3 aromatic rings. The summed E-state index contributed by atoms with van der Waals surface area (Å²) in [4.78, 5) is 32.5. The summed E-state index contributed by atoms with van der Waals surface area (Å²) < 4.78 is 5.45. The molecule has 2 aliphatic heterocycles. The minimum atomic E-state index is -0.549. The molecule has 0 saturated carbocycles. The van der Waals surface area contributed by atoms with E-state index in [1.54, 1.807) is 0 Å². The zero-order valence-electron chi connectivity index (χ0n) is 22.1. The number of aliphatic hydroxyl groups excluding tert-OH is 1. The van der Waals surface area contributed by atoms with Gasteiger partial charge in [-0.05, 0) is 46.7 Å². The van der Waals surface area contributed by atoms with Gasteiger partial charge >= 0.3 is 0 Å². The van der Waals surface area contributed by atoms with Gasteiger partial charge in [-0.1, -0.05) is 66.7 Å². The summed E-state index contributed by atoms with van der Waals surface area (Å²) in [6.45, 7) is 4.42. The quantitative estimate of drug-likeness (QED) is 0.496. The van der Waals surface area contributed by atoms with Crippen LogP contribution in [0.15, 0.2) is 72.8 Å². The Balaban J connectivity index is 1.37. The molecule has 1 fully saturated rings. The summed E-state index contributed by atoms with van der Waals surface area (Å²) in [5.41, 5.74) is 5.59. The van der Waals surface area contributed by atoms with Crippen molar-refractivity contribution in [3.63, 3.8) is 0 Å². The van der Waals surface area contributed by atoms with Gasteiger partial charge in [-0.15, -0.1) is 0 Å². The second-order valence-corrected chi connectivity index (χ2v) is 10.7. The van der Waals surface area contributed by atoms with Crippen molar-refractivity contribution in [1.82, 2.24) is 15.1 Å². The van der Waals surface area contributed by atoms with Crippen molar-refractivity contribution in [2.75, 3.05) is 39.4 Å². The van der Waals surface area contributed by atoms with Gasteiger partial charge in [-0.2, -0.15) is 0 Å². The van der Waals surface area contributed by atoms with Crippen LogP contribution in [0, 0.1) is 0 Å². The monoisotopic (exact) mass is 525 g/mol. The van der Waals surface area contributed by atoms with Crippen molar-refractivity contribution >= 4 is 11.8 Å². The minimum absolute atomic E-state index is 0.0305. The Morgan fingerprint density at radius 1 is 0.923 bits per heavy atom. The maximum Gasteiger partial charge on any atom is 0.254 e. The van der Waals surface area contributed by atoms with Crippen molar-refractivity contribution in [1.29, 1.82) is 0 Å². The topological polar surface area (TPSA) is 82.1 Å². The fourth-order valence-electron chi connectivity index (χ4n) is 6.41. The minimum Gasteiger partial charge on any atom is -0.392 e. The maximum absolute atomic E-state index is 14.2. The molecular weight excluding hydrogens is 490 g/mol. The van der Waals surface area contributed by atoms with E-state index in [-0.39, 0.29) is 24.5 Å². The number of morpholine rings is 1. The van der Waals surface area contributed by atoms with Gasteiger partial charge in [0.2, 0.25) is 5.91 Å². The number of rotatable bonds is 7. The Bertz CT molecular complexity index is 1310.